The molecule has 0 atom stereocenters. The summed E-state index contributed by atoms with van der Waals surface area (Å²) in [5.41, 5.74) is 0.474. The van der Waals surface area contributed by atoms with E-state index in [4.69, 9.17) is 16.3 Å². The summed E-state index contributed by atoms with van der Waals surface area (Å²) in [5.74, 6) is 0.566. The van der Waals surface area contributed by atoms with E-state index < -0.39 is 0 Å². The van der Waals surface area contributed by atoms with Gasteiger partial charge in [-0.3, -0.25) is 4.79 Å². The summed E-state index contributed by atoms with van der Waals surface area (Å²) < 4.78 is 18.1. The molecule has 0 aliphatic carbocycles. The second-order valence-electron chi connectivity index (χ2n) is 3.36. The zero-order valence-electron chi connectivity index (χ0n) is 8.69. The molecule has 0 bridgehead atoms. The lowest BCUT2D eigenvalue weighted by Crippen LogP contribution is -1.87. The number of carbonyl (C=O) groups is 1. The van der Waals surface area contributed by atoms with Crippen molar-refractivity contribution >= 4 is 17.9 Å². The minimum Gasteiger partial charge on any atom is -0.456 e. The van der Waals surface area contributed by atoms with Crippen LogP contribution in [0.25, 0.3) is 0 Å². The number of ether oxygens (including phenoxy) is 1. The Morgan fingerprint density at radius 2 is 1.82 bits per heavy atom. The molecule has 0 aliphatic rings. The van der Waals surface area contributed by atoms with Crippen molar-refractivity contribution in [2.24, 2.45) is 0 Å². The molecule has 2 aromatic rings. The van der Waals surface area contributed by atoms with E-state index in [0.717, 1.165) is 0 Å². The van der Waals surface area contributed by atoms with Gasteiger partial charge in [0.2, 0.25) is 0 Å². The maximum atomic E-state index is 12.7. The molecule has 2 rings (SSSR count). The van der Waals surface area contributed by atoms with Crippen molar-refractivity contribution in [2.75, 3.05) is 0 Å². The molecule has 2 nitrogen and oxygen atoms in total. The van der Waals surface area contributed by atoms with E-state index in [9.17, 15) is 9.18 Å². The zero-order valence-corrected chi connectivity index (χ0v) is 9.45. The van der Waals surface area contributed by atoms with Crippen molar-refractivity contribution in [1.29, 1.82) is 0 Å². The van der Waals surface area contributed by atoms with Gasteiger partial charge in [0.05, 0.1) is 5.02 Å². The fraction of sp³-hybridized carbons (Fsp3) is 0. The minimum absolute atomic E-state index is 0.332. The van der Waals surface area contributed by atoms with E-state index in [2.05, 4.69) is 0 Å². The first-order valence-corrected chi connectivity index (χ1v) is 5.25. The highest BCUT2D eigenvalue weighted by Crippen LogP contribution is 2.29. The summed E-state index contributed by atoms with van der Waals surface area (Å²) in [4.78, 5) is 10.5. The van der Waals surface area contributed by atoms with Crippen molar-refractivity contribution in [3.05, 3.63) is 58.9 Å². The molecule has 0 spiro atoms. The lowest BCUT2D eigenvalue weighted by atomic mass is 10.2. The molecule has 0 radical (unpaired) electrons. The molecule has 0 saturated heterocycles. The van der Waals surface area contributed by atoms with Crippen LogP contribution in [0.1, 0.15) is 10.4 Å². The van der Waals surface area contributed by atoms with Crippen LogP contribution >= 0.6 is 11.6 Å². The number of aldehydes is 1. The van der Waals surface area contributed by atoms with Crippen LogP contribution in [0.4, 0.5) is 4.39 Å². The maximum Gasteiger partial charge on any atom is 0.150 e. The summed E-state index contributed by atoms with van der Waals surface area (Å²) in [5, 5.41) is 0.332. The van der Waals surface area contributed by atoms with Gasteiger partial charge in [0.1, 0.15) is 23.6 Å². The van der Waals surface area contributed by atoms with E-state index in [1.165, 1.54) is 30.3 Å². The van der Waals surface area contributed by atoms with Gasteiger partial charge in [0.15, 0.2) is 0 Å². The maximum absolute atomic E-state index is 12.7. The topological polar surface area (TPSA) is 26.3 Å². The predicted molar refractivity (Wildman–Crippen MR) is 63.3 cm³/mol. The van der Waals surface area contributed by atoms with E-state index in [1.54, 1.807) is 12.1 Å². The highest BCUT2D eigenvalue weighted by Gasteiger charge is 2.04. The molecule has 0 unspecified atom stereocenters. The summed E-state index contributed by atoms with van der Waals surface area (Å²) >= 11 is 5.93. The van der Waals surface area contributed by atoms with Gasteiger partial charge < -0.3 is 4.74 Å². The average Bonchev–Trinajstić information content (AvgIpc) is 2.34. The van der Waals surface area contributed by atoms with Crippen LogP contribution in [0.3, 0.4) is 0 Å². The van der Waals surface area contributed by atoms with Gasteiger partial charge in [-0.2, -0.15) is 0 Å². The third-order valence-corrected chi connectivity index (χ3v) is 2.43. The third kappa shape index (κ3) is 2.82. The summed E-state index contributed by atoms with van der Waals surface area (Å²) in [6.45, 7) is 0. The Hall–Kier alpha value is -1.87. The van der Waals surface area contributed by atoms with Gasteiger partial charge in [-0.1, -0.05) is 11.6 Å². The Morgan fingerprint density at radius 1 is 1.12 bits per heavy atom. The average molecular weight is 251 g/mol. The van der Waals surface area contributed by atoms with Gasteiger partial charge in [-0.05, 0) is 42.5 Å². The Balaban J connectivity index is 2.24. The normalized spacial score (nSPS) is 10.0. The van der Waals surface area contributed by atoms with Crippen molar-refractivity contribution in [2.45, 2.75) is 0 Å². The first kappa shape index (κ1) is 11.6. The molecule has 86 valence electrons. The first-order valence-electron chi connectivity index (χ1n) is 4.87. The number of rotatable bonds is 3. The molecule has 0 heterocycles. The molecule has 0 aromatic heterocycles. The van der Waals surface area contributed by atoms with Gasteiger partial charge in [-0.25, -0.2) is 4.39 Å². The number of carbonyl (C=O) groups excluding carboxylic acids is 1. The van der Waals surface area contributed by atoms with Crippen LogP contribution in [0.5, 0.6) is 11.5 Å². The van der Waals surface area contributed by atoms with E-state index >= 15 is 0 Å². The molecule has 0 amide bonds. The summed E-state index contributed by atoms with van der Waals surface area (Å²) in [6.07, 6.45) is 0.702. The third-order valence-electron chi connectivity index (χ3n) is 2.13. The second-order valence-corrected chi connectivity index (χ2v) is 3.77. The number of hydrogen-bond donors (Lipinski definition) is 0. The highest BCUT2D eigenvalue weighted by atomic mass is 35.5. The van der Waals surface area contributed by atoms with Crippen LogP contribution < -0.4 is 4.74 Å². The van der Waals surface area contributed by atoms with Crippen molar-refractivity contribution in [3.63, 3.8) is 0 Å². The quantitative estimate of drug-likeness (QED) is 0.767. The molecule has 4 heteroatoms. The Morgan fingerprint density at radius 3 is 2.41 bits per heavy atom. The fourth-order valence-electron chi connectivity index (χ4n) is 1.30. The Labute approximate surface area is 103 Å². The monoisotopic (exact) mass is 250 g/mol. The van der Waals surface area contributed by atoms with Crippen molar-refractivity contribution < 1.29 is 13.9 Å². The van der Waals surface area contributed by atoms with Gasteiger partial charge in [0, 0.05) is 5.56 Å². The SMILES string of the molecule is O=Cc1ccc(Oc2ccc(F)cc2)c(Cl)c1. The summed E-state index contributed by atoms with van der Waals surface area (Å²) in [6, 6.07) is 10.3. The van der Waals surface area contributed by atoms with E-state index in [0.29, 0.717) is 28.4 Å². The summed E-state index contributed by atoms with van der Waals surface area (Å²) in [7, 11) is 0. The molecular weight excluding hydrogens is 243 g/mol. The number of benzene rings is 2. The number of halogens is 2. The van der Waals surface area contributed by atoms with Crippen molar-refractivity contribution in [1.82, 2.24) is 0 Å². The predicted octanol–water partition coefficient (Wildman–Crippen LogP) is 4.08. The highest BCUT2D eigenvalue weighted by molar-refractivity contribution is 6.32. The van der Waals surface area contributed by atoms with Crippen LogP contribution in [-0.4, -0.2) is 6.29 Å². The minimum atomic E-state index is -0.334. The molecular formula is C13H8ClFO2. The standard InChI is InChI=1S/C13H8ClFO2/c14-12-7-9(8-16)1-6-13(12)17-11-4-2-10(15)3-5-11/h1-8H. The molecule has 0 N–H and O–H groups in total. The number of hydrogen-bond acceptors (Lipinski definition) is 2. The molecule has 0 fully saturated rings. The second kappa shape index (κ2) is 4.97. The Bertz CT molecular complexity index is 538. The first-order chi connectivity index (χ1) is 8.19. The fourth-order valence-corrected chi connectivity index (χ4v) is 1.53. The van der Waals surface area contributed by atoms with Gasteiger partial charge >= 0.3 is 0 Å². The van der Waals surface area contributed by atoms with Crippen LogP contribution in [-0.2, 0) is 0 Å². The Kier molecular flexibility index (Phi) is 3.40. The smallest absolute Gasteiger partial charge is 0.150 e. The van der Waals surface area contributed by atoms with Crippen molar-refractivity contribution in [3.8, 4) is 11.5 Å². The lowest BCUT2D eigenvalue weighted by Gasteiger charge is -2.07. The van der Waals surface area contributed by atoms with Crippen LogP contribution in [0.2, 0.25) is 5.02 Å². The molecule has 0 aliphatic heterocycles. The molecule has 0 saturated carbocycles. The van der Waals surface area contributed by atoms with E-state index in [-0.39, 0.29) is 5.82 Å². The largest absolute Gasteiger partial charge is 0.456 e. The van der Waals surface area contributed by atoms with Gasteiger partial charge in [0.25, 0.3) is 0 Å². The van der Waals surface area contributed by atoms with Crippen LogP contribution in [0, 0.1) is 5.82 Å². The van der Waals surface area contributed by atoms with Crippen LogP contribution in [0.15, 0.2) is 42.5 Å². The van der Waals surface area contributed by atoms with Gasteiger partial charge in [-0.15, -0.1) is 0 Å². The molecule has 17 heavy (non-hydrogen) atoms. The molecule has 2 aromatic carbocycles. The zero-order chi connectivity index (χ0) is 12.3. The van der Waals surface area contributed by atoms with E-state index in [1.807, 2.05) is 0 Å². The lowest BCUT2D eigenvalue weighted by molar-refractivity contribution is 0.112.